The molecular formula is C52H69Cl6N13O7. The topological polar surface area (TPSA) is 308 Å². The smallest absolute Gasteiger partial charge is 0.310 e. The summed E-state index contributed by atoms with van der Waals surface area (Å²) in [7, 11) is 0. The number of hydrogen-bond donors (Lipinski definition) is 4. The molecule has 0 saturated heterocycles. The first kappa shape index (κ1) is 70.5. The molecule has 6 rings (SSSR count). The summed E-state index contributed by atoms with van der Waals surface area (Å²) in [6, 6.07) is 15.7. The van der Waals surface area contributed by atoms with Crippen molar-refractivity contribution < 1.29 is 33.3 Å². The fourth-order valence-electron chi connectivity index (χ4n) is 6.23. The van der Waals surface area contributed by atoms with Crippen molar-refractivity contribution in [1.29, 1.82) is 0 Å². The Kier molecular flexibility index (Phi) is 35.2. The lowest BCUT2D eigenvalue weighted by Gasteiger charge is -2.08. The molecule has 3 aromatic carbocycles. The fourth-order valence-corrected chi connectivity index (χ4v) is 7.40. The quantitative estimate of drug-likeness (QED) is 0.0263. The molecule has 26 heteroatoms. The second-order valence-corrected chi connectivity index (χ2v) is 18.4. The van der Waals surface area contributed by atoms with Crippen LogP contribution in [0.25, 0.3) is 33.8 Å². The van der Waals surface area contributed by atoms with Crippen molar-refractivity contribution in [1.82, 2.24) is 45.5 Å². The summed E-state index contributed by atoms with van der Waals surface area (Å²) in [5.74, 6) is 1.60. The predicted molar refractivity (Wildman–Crippen MR) is 312 cm³/mol. The minimum absolute atomic E-state index is 0. The summed E-state index contributed by atoms with van der Waals surface area (Å²) in [4.78, 5) is 43.3. The van der Waals surface area contributed by atoms with Crippen LogP contribution in [-0.2, 0) is 52.6 Å². The summed E-state index contributed by atoms with van der Waals surface area (Å²) in [5.41, 5.74) is 26.4. The number of esters is 2. The van der Waals surface area contributed by atoms with Gasteiger partial charge >= 0.3 is 11.9 Å². The van der Waals surface area contributed by atoms with Crippen LogP contribution >= 0.6 is 69.6 Å². The zero-order valence-corrected chi connectivity index (χ0v) is 47.0. The van der Waals surface area contributed by atoms with Crippen molar-refractivity contribution in [3.05, 3.63) is 102 Å². The van der Waals surface area contributed by atoms with Crippen LogP contribution in [0.3, 0.4) is 0 Å². The van der Waals surface area contributed by atoms with Crippen molar-refractivity contribution in [2.45, 2.75) is 100 Å². The largest absolute Gasteiger partial charge is 0.394 e. The first-order valence-corrected chi connectivity index (χ1v) is 26.1. The number of nitrogens with two attached hydrogens (primary N) is 4. The van der Waals surface area contributed by atoms with Gasteiger partial charge in [0.1, 0.15) is 22.9 Å². The van der Waals surface area contributed by atoms with Crippen molar-refractivity contribution >= 4 is 105 Å². The number of ketones is 1. The summed E-state index contributed by atoms with van der Waals surface area (Å²) in [6.07, 6.45) is 6.57. The van der Waals surface area contributed by atoms with E-state index in [0.717, 1.165) is 38.7 Å². The van der Waals surface area contributed by atoms with Gasteiger partial charge in [-0.1, -0.05) is 128 Å². The van der Waals surface area contributed by atoms with Gasteiger partial charge in [0.25, 0.3) is 0 Å². The second kappa shape index (κ2) is 38.9. The normalized spacial score (nSPS) is 10.3. The van der Waals surface area contributed by atoms with E-state index in [4.69, 9.17) is 107 Å². The molecule has 0 aliphatic rings. The Labute approximate surface area is 486 Å². The maximum absolute atomic E-state index is 10.8. The zero-order chi connectivity index (χ0) is 56.0. The third-order valence-electron chi connectivity index (χ3n) is 9.68. The van der Waals surface area contributed by atoms with Gasteiger partial charge in [-0.25, -0.2) is 15.0 Å². The van der Waals surface area contributed by atoms with E-state index < -0.39 is 11.9 Å². The molecule has 20 nitrogen and oxygen atoms in total. The Bertz CT molecular complexity index is 2680. The molecule has 8 N–H and O–H groups in total. The number of ether oxygens (including phenoxy) is 4. The maximum atomic E-state index is 10.8. The van der Waals surface area contributed by atoms with Crippen LogP contribution in [0.2, 0.25) is 30.1 Å². The van der Waals surface area contributed by atoms with Gasteiger partial charge in [0.2, 0.25) is 0 Å². The molecule has 0 radical (unpaired) electrons. The van der Waals surface area contributed by atoms with Crippen molar-refractivity contribution in [2.24, 2.45) is 5.73 Å². The Morgan fingerprint density at radius 1 is 0.474 bits per heavy atom. The van der Waals surface area contributed by atoms with Crippen molar-refractivity contribution in [3.63, 3.8) is 0 Å². The van der Waals surface area contributed by atoms with Crippen LogP contribution in [0.1, 0.15) is 98.5 Å². The van der Waals surface area contributed by atoms with E-state index >= 15 is 0 Å². The Hall–Kier alpha value is -5.52. The van der Waals surface area contributed by atoms with E-state index in [0.29, 0.717) is 152 Å². The molecule has 0 spiro atoms. The molecule has 0 fully saturated rings. The van der Waals surface area contributed by atoms with Crippen LogP contribution in [0.15, 0.2) is 54.6 Å². The average Bonchev–Trinajstić information content (AvgIpc) is 3.37. The minimum Gasteiger partial charge on any atom is -0.394 e. The van der Waals surface area contributed by atoms with Crippen LogP contribution in [0, 0.1) is 0 Å². The SMILES string of the molecule is C.C.CC(=O)CCCOCCCc1nnc(-c2cccc(Cl)c2Cl)c(N)n1.CC(=O)OC(C)=O.CCCOCCCc1nnc(-c2cccc(Cl)c2Cl)c(N)n1.NCCOCCCc1nnc(-c2cccc(Cl)c2Cl)c(N)n1. The number of carbonyl (C=O) groups excluding carboxylic acids is 3. The second-order valence-electron chi connectivity index (χ2n) is 16.0. The van der Waals surface area contributed by atoms with Gasteiger partial charge in [0.05, 0.1) is 36.7 Å². The first-order chi connectivity index (χ1) is 36.4. The number of anilines is 3. The van der Waals surface area contributed by atoms with Gasteiger partial charge in [-0.3, -0.25) is 9.59 Å². The number of rotatable bonds is 23. The highest BCUT2D eigenvalue weighted by Gasteiger charge is 2.17. The predicted octanol–water partition coefficient (Wildman–Crippen LogP) is 11.2. The third-order valence-corrected chi connectivity index (χ3v) is 12.1. The van der Waals surface area contributed by atoms with E-state index in [9.17, 15) is 14.4 Å². The molecule has 3 heterocycles. The molecule has 0 aliphatic heterocycles. The minimum atomic E-state index is -0.562. The van der Waals surface area contributed by atoms with E-state index in [1.165, 1.54) is 13.8 Å². The van der Waals surface area contributed by atoms with Gasteiger partial charge in [0.15, 0.2) is 34.9 Å². The molecule has 0 aliphatic carbocycles. The highest BCUT2D eigenvalue weighted by molar-refractivity contribution is 6.45. The average molecular weight is 1200 g/mol. The van der Waals surface area contributed by atoms with Crippen molar-refractivity contribution in [3.8, 4) is 33.8 Å². The lowest BCUT2D eigenvalue weighted by Crippen LogP contribution is -2.10. The summed E-state index contributed by atoms with van der Waals surface area (Å²) in [5, 5.41) is 27.1. The summed E-state index contributed by atoms with van der Waals surface area (Å²) >= 11 is 36.5. The molecular weight excluding hydrogens is 1130 g/mol. The third kappa shape index (κ3) is 25.5. The van der Waals surface area contributed by atoms with E-state index in [-0.39, 0.29) is 32.3 Å². The van der Waals surface area contributed by atoms with Crippen LogP contribution in [0.5, 0.6) is 0 Å². The number of nitrogen functional groups attached to an aromatic ring is 3. The number of hydrogen-bond acceptors (Lipinski definition) is 20. The molecule has 3 aromatic heterocycles. The first-order valence-electron chi connectivity index (χ1n) is 23.8. The fraction of sp³-hybridized carbons (Fsp3) is 0.423. The zero-order valence-electron chi connectivity index (χ0n) is 42.5. The van der Waals surface area contributed by atoms with E-state index in [1.807, 2.05) is 0 Å². The van der Waals surface area contributed by atoms with Gasteiger partial charge < -0.3 is 46.7 Å². The summed E-state index contributed by atoms with van der Waals surface area (Å²) < 4.78 is 20.1. The number of carbonyl (C=O) groups is 3. The number of Topliss-reactive ketones (excluding diaryl/α,β-unsaturated/α-hetero) is 1. The van der Waals surface area contributed by atoms with Crippen LogP contribution < -0.4 is 22.9 Å². The Morgan fingerprint density at radius 3 is 1.08 bits per heavy atom. The Morgan fingerprint density at radius 2 is 0.795 bits per heavy atom. The van der Waals surface area contributed by atoms with Gasteiger partial charge in [0, 0.05) is 95.8 Å². The van der Waals surface area contributed by atoms with E-state index in [1.54, 1.807) is 61.5 Å². The van der Waals surface area contributed by atoms with Gasteiger partial charge in [-0.05, 0) is 57.2 Å². The summed E-state index contributed by atoms with van der Waals surface area (Å²) in [6.45, 7) is 10.3. The molecule has 0 saturated carbocycles. The monoisotopic (exact) mass is 1200 g/mol. The molecule has 0 amide bonds. The Balaban J connectivity index is 0.000000545. The number of nitrogens with zero attached hydrogens (tertiary/aromatic N) is 9. The number of aryl methyl sites for hydroxylation is 3. The van der Waals surface area contributed by atoms with Crippen molar-refractivity contribution in [2.75, 3.05) is 63.4 Å². The lowest BCUT2D eigenvalue weighted by molar-refractivity contribution is -0.156. The number of benzene rings is 3. The van der Waals surface area contributed by atoms with Crippen LogP contribution in [0.4, 0.5) is 17.5 Å². The molecule has 0 unspecified atom stereocenters. The number of halogens is 6. The lowest BCUT2D eigenvalue weighted by atomic mass is 10.1. The van der Waals surface area contributed by atoms with Gasteiger partial charge in [-0.15, -0.1) is 30.6 Å². The molecule has 78 heavy (non-hydrogen) atoms. The standard InChI is InChI=1S/C17H20Cl2N4O2.C15H18Cl2N4O.C14H17Cl2N5O.C4H6O3.2CH4/c1-11(24)5-3-9-25-10-4-8-14-21-17(20)16(23-22-14)12-6-2-7-13(18)15(12)19;1-2-8-22-9-4-7-12-19-15(18)14(21-20-12)10-5-3-6-11(16)13(10)17;15-10-4-1-3-9(12(10)16)13-14(18)19-11(20-21-13)5-2-7-22-8-6-17;1-3(5)7-4(2)6;;/h2,6-7H,3-5,8-10H2,1H3,(H2,20,21,22);3,5-6H,2,4,7-9H2,1H3,(H2,18,19,20);1,3-4H,2,5-8,17H2,(H2,18,19,20);1-2H3;2*1H4. The number of aromatic nitrogens is 9. The van der Waals surface area contributed by atoms with Gasteiger partial charge in [-0.2, -0.15) is 0 Å². The van der Waals surface area contributed by atoms with Crippen LogP contribution in [-0.4, -0.2) is 109 Å². The highest BCUT2D eigenvalue weighted by Crippen LogP contribution is 2.36. The molecule has 426 valence electrons. The highest BCUT2D eigenvalue weighted by atomic mass is 35.5. The molecule has 0 atom stereocenters. The van der Waals surface area contributed by atoms with E-state index in [2.05, 4.69) is 57.2 Å². The maximum Gasteiger partial charge on any atom is 0.310 e. The molecule has 0 bridgehead atoms. The molecule has 6 aromatic rings.